The number of aryl methyl sites for hydroxylation is 1. The molecule has 1 amide bonds. The monoisotopic (exact) mass is 324 g/mol. The van der Waals surface area contributed by atoms with E-state index in [0.29, 0.717) is 0 Å². The highest BCUT2D eigenvalue weighted by molar-refractivity contribution is 5.79. The maximum atomic E-state index is 12.4. The molecule has 126 valence electrons. The summed E-state index contributed by atoms with van der Waals surface area (Å²) >= 11 is 0. The molecule has 0 spiro atoms. The Hall–Kier alpha value is -1.69. The minimum Gasteiger partial charge on any atom is -0.435 e. The van der Waals surface area contributed by atoms with E-state index in [1.54, 1.807) is 18.2 Å². The molecule has 1 saturated heterocycles. The summed E-state index contributed by atoms with van der Waals surface area (Å²) in [5, 5.41) is 6.40. The van der Waals surface area contributed by atoms with E-state index in [9.17, 15) is 13.6 Å². The smallest absolute Gasteiger partial charge is 0.387 e. The van der Waals surface area contributed by atoms with Gasteiger partial charge in [-0.15, -0.1) is 0 Å². The van der Waals surface area contributed by atoms with Gasteiger partial charge in [0.2, 0.25) is 5.91 Å². The molecule has 0 bridgehead atoms. The molecule has 1 fully saturated rings. The van der Waals surface area contributed by atoms with Gasteiger partial charge in [0.1, 0.15) is 5.75 Å². The van der Waals surface area contributed by atoms with Crippen LogP contribution in [0.1, 0.15) is 42.9 Å². The predicted molar refractivity (Wildman–Crippen MR) is 82.5 cm³/mol. The average molecular weight is 324 g/mol. The first-order valence-corrected chi connectivity index (χ1v) is 8.22. The quantitative estimate of drug-likeness (QED) is 0.895. The molecule has 3 rings (SSSR count). The number of nitrogens with one attached hydrogen (secondary N) is 2. The van der Waals surface area contributed by atoms with Crippen LogP contribution >= 0.6 is 0 Å². The van der Waals surface area contributed by atoms with Crippen LogP contribution in [0, 0.1) is 5.92 Å². The molecule has 2 aliphatic rings. The van der Waals surface area contributed by atoms with Crippen LogP contribution in [0.2, 0.25) is 0 Å². The molecule has 0 aromatic heterocycles. The van der Waals surface area contributed by atoms with Crippen LogP contribution in [0.3, 0.4) is 0 Å². The second kappa shape index (κ2) is 7.25. The van der Waals surface area contributed by atoms with E-state index in [1.807, 2.05) is 0 Å². The second-order valence-electron chi connectivity index (χ2n) is 6.22. The zero-order valence-corrected chi connectivity index (χ0v) is 13.0. The molecule has 23 heavy (non-hydrogen) atoms. The molecule has 1 aliphatic heterocycles. The van der Waals surface area contributed by atoms with E-state index in [0.717, 1.165) is 56.3 Å². The molecular weight excluding hydrogens is 302 g/mol. The Balaban J connectivity index is 1.69. The van der Waals surface area contributed by atoms with E-state index in [2.05, 4.69) is 15.4 Å². The number of hydrogen-bond acceptors (Lipinski definition) is 3. The molecular formula is C17H22F2N2O2. The van der Waals surface area contributed by atoms with Crippen molar-refractivity contribution < 1.29 is 18.3 Å². The standard InChI is InChI=1S/C17H22F2N2O2/c18-17(19)23-13-4-5-14-12(10-13)2-1-3-15(14)21-16(22)11-6-8-20-9-7-11/h4-5,10-11,15,17,20H,1-3,6-9H2,(H,21,22). The van der Waals surface area contributed by atoms with Crippen molar-refractivity contribution >= 4 is 5.91 Å². The van der Waals surface area contributed by atoms with Crippen LogP contribution in [-0.2, 0) is 11.2 Å². The number of benzene rings is 1. The summed E-state index contributed by atoms with van der Waals surface area (Å²) in [5.74, 6) is 0.365. The minimum absolute atomic E-state index is 0.0262. The van der Waals surface area contributed by atoms with Gasteiger partial charge in [-0.1, -0.05) is 6.07 Å². The largest absolute Gasteiger partial charge is 0.435 e. The highest BCUT2D eigenvalue weighted by atomic mass is 19.3. The number of alkyl halides is 2. The van der Waals surface area contributed by atoms with Crippen molar-refractivity contribution in [1.82, 2.24) is 10.6 Å². The third-order valence-corrected chi connectivity index (χ3v) is 4.68. The zero-order valence-electron chi connectivity index (χ0n) is 13.0. The van der Waals surface area contributed by atoms with Gasteiger partial charge in [0.15, 0.2) is 0 Å². The van der Waals surface area contributed by atoms with E-state index in [1.165, 1.54) is 0 Å². The van der Waals surface area contributed by atoms with Crippen molar-refractivity contribution in [3.8, 4) is 5.75 Å². The summed E-state index contributed by atoms with van der Waals surface area (Å²) in [5.41, 5.74) is 2.02. The van der Waals surface area contributed by atoms with Crippen LogP contribution in [-0.4, -0.2) is 25.6 Å². The fourth-order valence-electron chi connectivity index (χ4n) is 3.49. The summed E-state index contributed by atoms with van der Waals surface area (Å²) in [4.78, 5) is 12.4. The van der Waals surface area contributed by atoms with Gasteiger partial charge in [0, 0.05) is 5.92 Å². The number of amides is 1. The van der Waals surface area contributed by atoms with Gasteiger partial charge >= 0.3 is 6.61 Å². The summed E-state index contributed by atoms with van der Waals surface area (Å²) in [6, 6.07) is 5.01. The van der Waals surface area contributed by atoms with Gasteiger partial charge < -0.3 is 15.4 Å². The predicted octanol–water partition coefficient (Wildman–Crippen LogP) is 2.78. The highest BCUT2D eigenvalue weighted by Crippen LogP contribution is 2.33. The van der Waals surface area contributed by atoms with E-state index >= 15 is 0 Å². The molecule has 0 saturated carbocycles. The number of fused-ring (bicyclic) bond motifs is 1. The van der Waals surface area contributed by atoms with Gasteiger partial charge in [-0.3, -0.25) is 4.79 Å². The van der Waals surface area contributed by atoms with E-state index in [-0.39, 0.29) is 23.6 Å². The third kappa shape index (κ3) is 3.99. The van der Waals surface area contributed by atoms with Crippen LogP contribution < -0.4 is 15.4 Å². The third-order valence-electron chi connectivity index (χ3n) is 4.68. The Morgan fingerprint density at radius 2 is 2.04 bits per heavy atom. The molecule has 4 nitrogen and oxygen atoms in total. The lowest BCUT2D eigenvalue weighted by Gasteiger charge is -2.29. The van der Waals surface area contributed by atoms with Crippen LogP contribution in [0.5, 0.6) is 5.75 Å². The van der Waals surface area contributed by atoms with Crippen molar-refractivity contribution in [2.75, 3.05) is 13.1 Å². The van der Waals surface area contributed by atoms with Crippen LogP contribution in [0.25, 0.3) is 0 Å². The number of carbonyl (C=O) groups excluding carboxylic acids is 1. The Kier molecular flexibility index (Phi) is 5.10. The summed E-state index contributed by atoms with van der Waals surface area (Å²) < 4.78 is 29.1. The van der Waals surface area contributed by atoms with E-state index in [4.69, 9.17) is 0 Å². The number of ether oxygens (including phenoxy) is 1. The zero-order chi connectivity index (χ0) is 16.2. The van der Waals surface area contributed by atoms with Gasteiger partial charge in [0.25, 0.3) is 0 Å². The Morgan fingerprint density at radius 3 is 2.78 bits per heavy atom. The Bertz CT molecular complexity index is 560. The lowest BCUT2D eigenvalue weighted by atomic mass is 9.86. The second-order valence-corrected chi connectivity index (χ2v) is 6.22. The fraction of sp³-hybridized carbons (Fsp3) is 0.588. The van der Waals surface area contributed by atoms with Gasteiger partial charge in [-0.05, 0) is 68.5 Å². The molecule has 1 atom stereocenters. The van der Waals surface area contributed by atoms with Crippen molar-refractivity contribution in [2.24, 2.45) is 5.92 Å². The lowest BCUT2D eigenvalue weighted by molar-refractivity contribution is -0.126. The summed E-state index contributed by atoms with van der Waals surface area (Å²) in [6.07, 6.45) is 4.38. The maximum Gasteiger partial charge on any atom is 0.387 e. The molecule has 6 heteroatoms. The minimum atomic E-state index is -2.81. The Morgan fingerprint density at radius 1 is 1.26 bits per heavy atom. The van der Waals surface area contributed by atoms with Gasteiger partial charge in [0.05, 0.1) is 6.04 Å². The van der Waals surface area contributed by atoms with Crippen molar-refractivity contribution in [3.05, 3.63) is 29.3 Å². The molecule has 1 aliphatic carbocycles. The molecule has 1 aromatic rings. The normalized spacial score (nSPS) is 21.8. The number of halogens is 2. The Labute approximate surface area is 134 Å². The van der Waals surface area contributed by atoms with Crippen LogP contribution in [0.15, 0.2) is 18.2 Å². The first-order chi connectivity index (χ1) is 11.1. The van der Waals surface area contributed by atoms with Crippen molar-refractivity contribution in [1.29, 1.82) is 0 Å². The summed E-state index contributed by atoms with van der Waals surface area (Å²) in [6.45, 7) is -1.05. The fourth-order valence-corrected chi connectivity index (χ4v) is 3.49. The average Bonchev–Trinajstić information content (AvgIpc) is 2.55. The summed E-state index contributed by atoms with van der Waals surface area (Å²) in [7, 11) is 0. The first-order valence-electron chi connectivity index (χ1n) is 8.22. The van der Waals surface area contributed by atoms with Crippen molar-refractivity contribution in [3.63, 3.8) is 0 Å². The molecule has 1 unspecified atom stereocenters. The number of hydrogen-bond donors (Lipinski definition) is 2. The highest BCUT2D eigenvalue weighted by Gasteiger charge is 2.27. The van der Waals surface area contributed by atoms with Gasteiger partial charge in [-0.2, -0.15) is 8.78 Å². The maximum absolute atomic E-state index is 12.4. The molecule has 0 radical (unpaired) electrons. The van der Waals surface area contributed by atoms with E-state index < -0.39 is 6.61 Å². The topological polar surface area (TPSA) is 50.4 Å². The number of rotatable bonds is 4. The van der Waals surface area contributed by atoms with Gasteiger partial charge in [-0.25, -0.2) is 0 Å². The first kappa shape index (κ1) is 16.2. The molecule has 1 aromatic carbocycles. The van der Waals surface area contributed by atoms with Crippen LogP contribution in [0.4, 0.5) is 8.78 Å². The SMILES string of the molecule is O=C(NC1CCCc2cc(OC(F)F)ccc21)C1CCNCC1. The number of piperidine rings is 1. The van der Waals surface area contributed by atoms with Crippen molar-refractivity contribution in [2.45, 2.75) is 44.8 Å². The lowest BCUT2D eigenvalue weighted by Crippen LogP contribution is -2.40. The molecule has 2 N–H and O–H groups in total. The number of carbonyl (C=O) groups is 1. The molecule has 1 heterocycles.